The van der Waals surface area contributed by atoms with Gasteiger partial charge in [-0.05, 0) is 56.4 Å². The summed E-state index contributed by atoms with van der Waals surface area (Å²) in [4.78, 5) is 12.0. The second kappa shape index (κ2) is 5.48. The Morgan fingerprint density at radius 3 is 2.56 bits per heavy atom. The first-order valence-corrected chi connectivity index (χ1v) is 6.38. The molecule has 0 saturated heterocycles. The highest BCUT2D eigenvalue weighted by molar-refractivity contribution is 5.92. The van der Waals surface area contributed by atoms with Crippen molar-refractivity contribution in [3.8, 4) is 0 Å². The molecule has 0 bridgehead atoms. The van der Waals surface area contributed by atoms with Crippen molar-refractivity contribution in [3.05, 3.63) is 29.6 Å². The molecule has 3 N–H and O–H groups in total. The smallest absolute Gasteiger partial charge is 0.227 e. The van der Waals surface area contributed by atoms with Gasteiger partial charge >= 0.3 is 0 Å². The fourth-order valence-electron chi connectivity index (χ4n) is 2.43. The summed E-state index contributed by atoms with van der Waals surface area (Å²) < 4.78 is 13.2. The number of halogens is 1. The van der Waals surface area contributed by atoms with Gasteiger partial charge < -0.3 is 11.1 Å². The Morgan fingerprint density at radius 2 is 1.94 bits per heavy atom. The molecule has 0 radical (unpaired) electrons. The normalized spacial score (nSPS) is 23.7. The van der Waals surface area contributed by atoms with Crippen molar-refractivity contribution in [2.75, 3.05) is 5.32 Å². The van der Waals surface area contributed by atoms with E-state index in [2.05, 4.69) is 5.32 Å². The maximum atomic E-state index is 13.2. The van der Waals surface area contributed by atoms with E-state index in [-0.39, 0.29) is 23.7 Å². The summed E-state index contributed by atoms with van der Waals surface area (Å²) in [5, 5.41) is 2.79. The van der Waals surface area contributed by atoms with Gasteiger partial charge in [0.25, 0.3) is 0 Å². The van der Waals surface area contributed by atoms with Crippen molar-refractivity contribution < 1.29 is 9.18 Å². The molecule has 3 nitrogen and oxygen atoms in total. The van der Waals surface area contributed by atoms with Crippen LogP contribution < -0.4 is 11.1 Å². The summed E-state index contributed by atoms with van der Waals surface area (Å²) in [6, 6.07) is 4.79. The largest absolute Gasteiger partial charge is 0.328 e. The molecule has 1 saturated carbocycles. The topological polar surface area (TPSA) is 55.1 Å². The summed E-state index contributed by atoms with van der Waals surface area (Å²) >= 11 is 0. The number of nitrogens with one attached hydrogen (secondary N) is 1. The van der Waals surface area contributed by atoms with Crippen LogP contribution in [0.25, 0.3) is 0 Å². The van der Waals surface area contributed by atoms with Gasteiger partial charge in [-0.3, -0.25) is 4.79 Å². The molecule has 98 valence electrons. The molecular weight excluding hydrogens is 231 g/mol. The van der Waals surface area contributed by atoms with Crippen molar-refractivity contribution in [3.63, 3.8) is 0 Å². The quantitative estimate of drug-likeness (QED) is 0.847. The van der Waals surface area contributed by atoms with Crippen LogP contribution in [0.15, 0.2) is 18.2 Å². The number of nitrogens with two attached hydrogens (primary N) is 1. The number of carbonyl (C=O) groups excluding carboxylic acids is 1. The highest BCUT2D eigenvalue weighted by atomic mass is 19.1. The van der Waals surface area contributed by atoms with E-state index in [9.17, 15) is 9.18 Å². The minimum absolute atomic E-state index is 0.00775. The molecule has 1 aliphatic rings. The van der Waals surface area contributed by atoms with Crippen LogP contribution in [0.3, 0.4) is 0 Å². The minimum Gasteiger partial charge on any atom is -0.328 e. The van der Waals surface area contributed by atoms with E-state index in [1.807, 2.05) is 0 Å². The van der Waals surface area contributed by atoms with Gasteiger partial charge in [0.2, 0.25) is 5.91 Å². The monoisotopic (exact) mass is 250 g/mol. The van der Waals surface area contributed by atoms with Gasteiger partial charge in [-0.2, -0.15) is 0 Å². The third-order valence-corrected chi connectivity index (χ3v) is 3.45. The maximum Gasteiger partial charge on any atom is 0.227 e. The van der Waals surface area contributed by atoms with Gasteiger partial charge in [-0.25, -0.2) is 4.39 Å². The SMILES string of the molecule is Cc1cc(F)cc(NC(=O)C2CCC(N)CC2)c1. The molecule has 18 heavy (non-hydrogen) atoms. The lowest BCUT2D eigenvalue weighted by Gasteiger charge is -2.25. The highest BCUT2D eigenvalue weighted by Crippen LogP contribution is 2.25. The number of rotatable bonds is 2. The van der Waals surface area contributed by atoms with Gasteiger partial charge in [0.15, 0.2) is 0 Å². The minimum atomic E-state index is -0.323. The van der Waals surface area contributed by atoms with E-state index in [4.69, 9.17) is 5.73 Å². The van der Waals surface area contributed by atoms with Crippen LogP contribution >= 0.6 is 0 Å². The van der Waals surface area contributed by atoms with Gasteiger partial charge in [0.05, 0.1) is 0 Å². The maximum absolute atomic E-state index is 13.2. The van der Waals surface area contributed by atoms with Crippen molar-refractivity contribution in [1.82, 2.24) is 0 Å². The summed E-state index contributed by atoms with van der Waals surface area (Å²) in [6.07, 6.45) is 3.42. The molecule has 0 aliphatic heterocycles. The van der Waals surface area contributed by atoms with Gasteiger partial charge in [-0.1, -0.05) is 0 Å². The zero-order valence-electron chi connectivity index (χ0n) is 10.6. The van der Waals surface area contributed by atoms with Gasteiger partial charge in [0.1, 0.15) is 5.82 Å². The van der Waals surface area contributed by atoms with Crippen LogP contribution in [-0.2, 0) is 4.79 Å². The van der Waals surface area contributed by atoms with Crippen molar-refractivity contribution in [1.29, 1.82) is 0 Å². The Hall–Kier alpha value is -1.42. The van der Waals surface area contributed by atoms with E-state index in [0.29, 0.717) is 5.69 Å². The fraction of sp³-hybridized carbons (Fsp3) is 0.500. The molecule has 4 heteroatoms. The van der Waals surface area contributed by atoms with E-state index < -0.39 is 0 Å². The first-order chi connectivity index (χ1) is 8.54. The van der Waals surface area contributed by atoms with E-state index in [1.54, 1.807) is 13.0 Å². The number of benzene rings is 1. The molecule has 1 aliphatic carbocycles. The van der Waals surface area contributed by atoms with Crippen molar-refractivity contribution >= 4 is 11.6 Å². The third kappa shape index (κ3) is 3.29. The Kier molecular flexibility index (Phi) is 3.97. The zero-order valence-corrected chi connectivity index (χ0v) is 10.6. The van der Waals surface area contributed by atoms with Crippen molar-refractivity contribution in [2.24, 2.45) is 11.7 Å². The average Bonchev–Trinajstić information content (AvgIpc) is 2.28. The summed E-state index contributed by atoms with van der Waals surface area (Å²) in [7, 11) is 0. The van der Waals surface area contributed by atoms with E-state index >= 15 is 0 Å². The number of anilines is 1. The highest BCUT2D eigenvalue weighted by Gasteiger charge is 2.24. The predicted octanol–water partition coefficient (Wildman–Crippen LogP) is 2.59. The van der Waals surface area contributed by atoms with Gasteiger partial charge in [-0.15, -0.1) is 0 Å². The molecular formula is C14H19FN2O. The lowest BCUT2D eigenvalue weighted by Crippen LogP contribution is -2.32. The molecule has 0 heterocycles. The standard InChI is InChI=1S/C14H19FN2O/c1-9-6-11(15)8-13(7-9)17-14(18)10-2-4-12(16)5-3-10/h6-8,10,12H,2-5,16H2,1H3,(H,17,18). The predicted molar refractivity (Wildman–Crippen MR) is 69.7 cm³/mol. The third-order valence-electron chi connectivity index (χ3n) is 3.45. The molecule has 0 atom stereocenters. The van der Waals surface area contributed by atoms with Crippen LogP contribution in [0.2, 0.25) is 0 Å². The Bertz CT molecular complexity index is 419. The lowest BCUT2D eigenvalue weighted by molar-refractivity contribution is -0.120. The Balaban J connectivity index is 1.98. The van der Waals surface area contributed by atoms with Crippen LogP contribution in [0.5, 0.6) is 0 Å². The van der Waals surface area contributed by atoms with Gasteiger partial charge in [0, 0.05) is 17.6 Å². The molecule has 1 aromatic rings. The van der Waals surface area contributed by atoms with Crippen LogP contribution in [-0.4, -0.2) is 11.9 Å². The summed E-state index contributed by atoms with van der Waals surface area (Å²) in [5.74, 6) is -0.337. The van der Waals surface area contributed by atoms with Crippen LogP contribution in [0, 0.1) is 18.7 Å². The van der Waals surface area contributed by atoms with E-state index in [1.165, 1.54) is 12.1 Å². The second-order valence-electron chi connectivity index (χ2n) is 5.12. The number of aryl methyl sites for hydroxylation is 1. The van der Waals surface area contributed by atoms with Crippen LogP contribution in [0.4, 0.5) is 10.1 Å². The summed E-state index contributed by atoms with van der Waals surface area (Å²) in [5.41, 5.74) is 7.14. The van der Waals surface area contributed by atoms with E-state index in [0.717, 1.165) is 31.2 Å². The molecule has 0 unspecified atom stereocenters. The first kappa shape index (κ1) is 13.0. The molecule has 2 rings (SSSR count). The Morgan fingerprint density at radius 1 is 1.28 bits per heavy atom. The lowest BCUT2D eigenvalue weighted by atomic mass is 9.86. The van der Waals surface area contributed by atoms with Crippen LogP contribution in [0.1, 0.15) is 31.2 Å². The molecule has 1 amide bonds. The zero-order chi connectivity index (χ0) is 13.1. The number of amides is 1. The second-order valence-corrected chi connectivity index (χ2v) is 5.12. The van der Waals surface area contributed by atoms with Crippen molar-refractivity contribution in [2.45, 2.75) is 38.6 Å². The first-order valence-electron chi connectivity index (χ1n) is 6.38. The molecule has 0 spiro atoms. The fourth-order valence-corrected chi connectivity index (χ4v) is 2.43. The average molecular weight is 250 g/mol. The summed E-state index contributed by atoms with van der Waals surface area (Å²) in [6.45, 7) is 1.80. The number of hydrogen-bond donors (Lipinski definition) is 2. The number of hydrogen-bond acceptors (Lipinski definition) is 2. The molecule has 0 aromatic heterocycles. The molecule has 1 fully saturated rings. The number of carbonyl (C=O) groups is 1. The Labute approximate surface area is 107 Å². The molecule has 1 aromatic carbocycles.